The van der Waals surface area contributed by atoms with Crippen LogP contribution in [0.15, 0.2) is 48.5 Å². The number of methoxy groups -OCH3 is 1. The van der Waals surface area contributed by atoms with Crippen molar-refractivity contribution in [1.29, 1.82) is 0 Å². The number of nitrogens with one attached hydrogen (secondary N) is 1. The summed E-state index contributed by atoms with van der Waals surface area (Å²) in [6.45, 7) is 1.42. The van der Waals surface area contributed by atoms with Crippen LogP contribution >= 0.6 is 0 Å². The maximum Gasteiger partial charge on any atom is 0.230 e. The van der Waals surface area contributed by atoms with Gasteiger partial charge in [-0.1, -0.05) is 30.3 Å². The lowest BCUT2D eigenvalue weighted by Gasteiger charge is -2.15. The number of carbonyl (C=O) groups excluding carboxylic acids is 1. The van der Waals surface area contributed by atoms with Gasteiger partial charge < -0.3 is 10.5 Å². The normalized spacial score (nSPS) is 12.0. The molecule has 6 heteroatoms. The Kier molecular flexibility index (Phi) is 4.39. The van der Waals surface area contributed by atoms with Crippen LogP contribution in [0.25, 0.3) is 10.9 Å². The number of benzene rings is 2. The summed E-state index contributed by atoms with van der Waals surface area (Å²) in [5.74, 6) is 0.784. The van der Waals surface area contributed by atoms with Crippen molar-refractivity contribution in [3.8, 4) is 5.75 Å². The van der Waals surface area contributed by atoms with Gasteiger partial charge in [0, 0.05) is 12.3 Å². The van der Waals surface area contributed by atoms with Crippen molar-refractivity contribution >= 4 is 22.8 Å². The number of carbonyl (C=O) groups is 1. The molecule has 122 valence electrons. The molecule has 1 amide bonds. The number of nitrogens with two attached hydrogens (primary N) is 1. The number of hydrogen-bond donors (Lipinski definition) is 2. The predicted octanol–water partition coefficient (Wildman–Crippen LogP) is 2.64. The zero-order valence-electron chi connectivity index (χ0n) is 13.5. The van der Waals surface area contributed by atoms with Gasteiger partial charge >= 0.3 is 0 Å². The summed E-state index contributed by atoms with van der Waals surface area (Å²) in [4.78, 5) is 20.2. The number of nitrogens with zero attached hydrogens (tertiary/aromatic N) is 2. The van der Waals surface area contributed by atoms with Gasteiger partial charge in [0.1, 0.15) is 5.75 Å². The molecule has 0 aliphatic heterocycles. The summed E-state index contributed by atoms with van der Waals surface area (Å²) in [5, 5.41) is 3.48. The molecule has 6 nitrogen and oxygen atoms in total. The fraction of sp³-hybridized carbons (Fsp3) is 0.167. The van der Waals surface area contributed by atoms with Crippen molar-refractivity contribution in [2.75, 3.05) is 12.4 Å². The molecule has 0 aliphatic carbocycles. The van der Waals surface area contributed by atoms with E-state index >= 15 is 0 Å². The molecule has 0 radical (unpaired) electrons. The molecular weight excluding hydrogens is 304 g/mol. The molecule has 0 fully saturated rings. The summed E-state index contributed by atoms with van der Waals surface area (Å²) in [7, 11) is 1.62. The topological polar surface area (TPSA) is 90.1 Å². The highest BCUT2D eigenvalue weighted by molar-refractivity contribution is 5.89. The van der Waals surface area contributed by atoms with E-state index in [0.717, 1.165) is 22.2 Å². The van der Waals surface area contributed by atoms with E-state index in [0.29, 0.717) is 5.69 Å². The molecule has 0 saturated heterocycles. The van der Waals surface area contributed by atoms with Crippen LogP contribution in [-0.4, -0.2) is 23.0 Å². The molecule has 1 unspecified atom stereocenters. The fourth-order valence-corrected chi connectivity index (χ4v) is 2.52. The molecule has 24 heavy (non-hydrogen) atoms. The Morgan fingerprint density at radius 2 is 1.83 bits per heavy atom. The largest absolute Gasteiger partial charge is 0.497 e. The van der Waals surface area contributed by atoms with Crippen LogP contribution in [0.5, 0.6) is 5.75 Å². The van der Waals surface area contributed by atoms with Gasteiger partial charge in [0.05, 0.1) is 24.4 Å². The zero-order valence-corrected chi connectivity index (χ0v) is 13.5. The number of hydrogen-bond acceptors (Lipinski definition) is 5. The number of amides is 1. The smallest absolute Gasteiger partial charge is 0.230 e. The van der Waals surface area contributed by atoms with Crippen LogP contribution in [0.3, 0.4) is 0 Å². The van der Waals surface area contributed by atoms with Gasteiger partial charge in [0.25, 0.3) is 0 Å². The molecule has 2 aromatic carbocycles. The Morgan fingerprint density at radius 3 is 2.50 bits per heavy atom. The third kappa shape index (κ3) is 3.18. The van der Waals surface area contributed by atoms with Crippen LogP contribution in [0.4, 0.5) is 5.95 Å². The Hall–Kier alpha value is -2.99. The van der Waals surface area contributed by atoms with E-state index in [-0.39, 0.29) is 11.9 Å². The fourth-order valence-electron chi connectivity index (χ4n) is 2.52. The second kappa shape index (κ2) is 6.64. The molecule has 0 bridgehead atoms. The monoisotopic (exact) mass is 322 g/mol. The van der Waals surface area contributed by atoms with Crippen molar-refractivity contribution in [2.24, 2.45) is 5.73 Å². The van der Waals surface area contributed by atoms with E-state index < -0.39 is 6.04 Å². The maximum absolute atomic E-state index is 11.3. The first-order valence-electron chi connectivity index (χ1n) is 7.52. The first-order valence-corrected chi connectivity index (χ1v) is 7.52. The summed E-state index contributed by atoms with van der Waals surface area (Å²) in [5.41, 5.74) is 8.72. The highest BCUT2D eigenvalue weighted by Crippen LogP contribution is 2.27. The van der Waals surface area contributed by atoms with E-state index in [9.17, 15) is 4.79 Å². The standard InChI is InChI=1S/C18H18N4O2/c1-11(23)20-18-21-15-6-4-3-5-14(15)17(22-18)16(19)12-7-9-13(24-2)10-8-12/h3-10,16H,19H2,1-2H3,(H,20,21,22,23). The van der Waals surface area contributed by atoms with Gasteiger partial charge in [-0.15, -0.1) is 0 Å². The molecule has 0 saturated carbocycles. The van der Waals surface area contributed by atoms with Gasteiger partial charge in [0.2, 0.25) is 11.9 Å². The molecule has 0 spiro atoms. The first-order chi connectivity index (χ1) is 11.6. The Balaban J connectivity index is 2.09. The van der Waals surface area contributed by atoms with E-state index in [2.05, 4.69) is 15.3 Å². The minimum atomic E-state index is -0.448. The predicted molar refractivity (Wildman–Crippen MR) is 92.9 cm³/mol. The van der Waals surface area contributed by atoms with Crippen LogP contribution in [0.2, 0.25) is 0 Å². The number of rotatable bonds is 4. The lowest BCUT2D eigenvalue weighted by atomic mass is 10.0. The van der Waals surface area contributed by atoms with Crippen LogP contribution in [0.1, 0.15) is 24.2 Å². The first kappa shape index (κ1) is 15.9. The number of anilines is 1. The van der Waals surface area contributed by atoms with Gasteiger partial charge in [-0.3, -0.25) is 10.1 Å². The van der Waals surface area contributed by atoms with Crippen LogP contribution in [0, 0.1) is 0 Å². The quantitative estimate of drug-likeness (QED) is 0.770. The van der Waals surface area contributed by atoms with Crippen molar-refractivity contribution in [3.05, 3.63) is 59.8 Å². The highest BCUT2D eigenvalue weighted by atomic mass is 16.5. The second-order valence-electron chi connectivity index (χ2n) is 5.38. The number of ether oxygens (including phenoxy) is 1. The average molecular weight is 322 g/mol. The average Bonchev–Trinajstić information content (AvgIpc) is 2.60. The molecule has 1 heterocycles. The molecule has 3 aromatic rings. The molecule has 1 aromatic heterocycles. The minimum absolute atomic E-state index is 0.228. The third-order valence-electron chi connectivity index (χ3n) is 3.69. The van der Waals surface area contributed by atoms with E-state index in [1.54, 1.807) is 7.11 Å². The van der Waals surface area contributed by atoms with Gasteiger partial charge in [-0.25, -0.2) is 9.97 Å². The molecule has 0 aliphatic rings. The maximum atomic E-state index is 11.3. The second-order valence-corrected chi connectivity index (χ2v) is 5.38. The third-order valence-corrected chi connectivity index (χ3v) is 3.69. The lowest BCUT2D eigenvalue weighted by Crippen LogP contribution is -2.17. The lowest BCUT2D eigenvalue weighted by molar-refractivity contribution is -0.114. The minimum Gasteiger partial charge on any atom is -0.497 e. The zero-order chi connectivity index (χ0) is 17.1. The van der Waals surface area contributed by atoms with Gasteiger partial charge in [0.15, 0.2) is 0 Å². The molecule has 3 rings (SSSR count). The SMILES string of the molecule is COc1ccc(C(N)c2nc(NC(C)=O)nc3ccccc23)cc1. The number of fused-ring (bicyclic) bond motifs is 1. The molecule has 1 atom stereocenters. The molecular formula is C18H18N4O2. The van der Waals surface area contributed by atoms with Crippen LogP contribution < -0.4 is 15.8 Å². The summed E-state index contributed by atoms with van der Waals surface area (Å²) < 4.78 is 5.17. The summed E-state index contributed by atoms with van der Waals surface area (Å²) in [6.07, 6.45) is 0. The van der Waals surface area contributed by atoms with Gasteiger partial charge in [-0.2, -0.15) is 0 Å². The van der Waals surface area contributed by atoms with Crippen molar-refractivity contribution in [3.63, 3.8) is 0 Å². The Morgan fingerprint density at radius 1 is 1.12 bits per heavy atom. The van der Waals surface area contributed by atoms with E-state index in [1.165, 1.54) is 6.92 Å². The van der Waals surface area contributed by atoms with E-state index in [4.69, 9.17) is 10.5 Å². The van der Waals surface area contributed by atoms with E-state index in [1.807, 2.05) is 48.5 Å². The van der Waals surface area contributed by atoms with Crippen molar-refractivity contribution < 1.29 is 9.53 Å². The number of aromatic nitrogens is 2. The van der Waals surface area contributed by atoms with Gasteiger partial charge in [-0.05, 0) is 23.8 Å². The highest BCUT2D eigenvalue weighted by Gasteiger charge is 2.16. The Labute approximate surface area is 139 Å². The summed E-state index contributed by atoms with van der Waals surface area (Å²) in [6, 6.07) is 14.6. The van der Waals surface area contributed by atoms with Crippen LogP contribution in [-0.2, 0) is 4.79 Å². The van der Waals surface area contributed by atoms with Crippen molar-refractivity contribution in [1.82, 2.24) is 9.97 Å². The Bertz CT molecular complexity index is 878. The van der Waals surface area contributed by atoms with Crippen molar-refractivity contribution in [2.45, 2.75) is 13.0 Å². The number of para-hydroxylation sites is 1. The summed E-state index contributed by atoms with van der Waals surface area (Å²) >= 11 is 0. The molecule has 3 N–H and O–H groups in total.